The summed E-state index contributed by atoms with van der Waals surface area (Å²) in [6, 6.07) is 10.7. The molecule has 126 valence electrons. The zero-order chi connectivity index (χ0) is 15.5. The molecule has 0 aliphatic carbocycles. The molecule has 0 heterocycles. The van der Waals surface area contributed by atoms with Crippen LogP contribution in [-0.4, -0.2) is 44.1 Å². The maximum absolute atomic E-state index is 4.29. The minimum Gasteiger partial charge on any atom is -0.356 e. The zero-order valence-corrected chi connectivity index (χ0v) is 16.6. The topological polar surface area (TPSA) is 39.7 Å². The van der Waals surface area contributed by atoms with Crippen LogP contribution in [0.5, 0.6) is 0 Å². The Hall–Kier alpha value is -0.820. The molecule has 5 heteroatoms. The number of guanidine groups is 1. The van der Waals surface area contributed by atoms with Crippen LogP contribution >= 0.6 is 24.0 Å². The van der Waals surface area contributed by atoms with Crippen molar-refractivity contribution in [3.8, 4) is 0 Å². The van der Waals surface area contributed by atoms with Gasteiger partial charge in [-0.25, -0.2) is 0 Å². The van der Waals surface area contributed by atoms with Crippen molar-refractivity contribution >= 4 is 29.9 Å². The van der Waals surface area contributed by atoms with E-state index in [1.54, 1.807) is 0 Å². The fraction of sp³-hybridized carbons (Fsp3) is 0.588. The van der Waals surface area contributed by atoms with Gasteiger partial charge in [0.1, 0.15) is 0 Å². The van der Waals surface area contributed by atoms with Gasteiger partial charge in [-0.15, -0.1) is 24.0 Å². The molecule has 1 aromatic rings. The number of hydrogen-bond donors (Lipinski definition) is 2. The molecule has 0 aliphatic heterocycles. The molecule has 0 fully saturated rings. The minimum atomic E-state index is 0. The summed E-state index contributed by atoms with van der Waals surface area (Å²) >= 11 is 0. The lowest BCUT2D eigenvalue weighted by Crippen LogP contribution is -2.40. The molecule has 0 aromatic heterocycles. The van der Waals surface area contributed by atoms with Crippen molar-refractivity contribution in [2.45, 2.75) is 33.2 Å². The quantitative estimate of drug-likeness (QED) is 0.295. The second-order valence-electron chi connectivity index (χ2n) is 5.16. The van der Waals surface area contributed by atoms with Gasteiger partial charge in [0, 0.05) is 13.6 Å². The molecular formula is C17H31IN4. The number of hydrogen-bond acceptors (Lipinski definition) is 2. The van der Waals surface area contributed by atoms with Crippen molar-refractivity contribution in [1.29, 1.82) is 0 Å². The van der Waals surface area contributed by atoms with Gasteiger partial charge in [-0.1, -0.05) is 44.2 Å². The molecule has 4 nitrogen and oxygen atoms in total. The Morgan fingerprint density at radius 3 is 2.36 bits per heavy atom. The van der Waals surface area contributed by atoms with Crippen LogP contribution in [0, 0.1) is 0 Å². The highest BCUT2D eigenvalue weighted by atomic mass is 127. The Kier molecular flexibility index (Phi) is 12.2. The van der Waals surface area contributed by atoms with Crippen LogP contribution in [0.25, 0.3) is 0 Å². The molecule has 0 saturated heterocycles. The van der Waals surface area contributed by atoms with E-state index in [1.165, 1.54) is 5.56 Å². The molecule has 1 aromatic carbocycles. The molecule has 0 radical (unpaired) electrons. The summed E-state index contributed by atoms with van der Waals surface area (Å²) in [7, 11) is 1.82. The Balaban J connectivity index is 0.00000441. The van der Waals surface area contributed by atoms with E-state index in [9.17, 15) is 0 Å². The molecule has 1 rings (SSSR count). The van der Waals surface area contributed by atoms with Gasteiger partial charge in [0.2, 0.25) is 0 Å². The third-order valence-electron chi connectivity index (χ3n) is 3.71. The summed E-state index contributed by atoms with van der Waals surface area (Å²) in [6.07, 6.45) is 1.13. The molecule has 0 saturated carbocycles. The van der Waals surface area contributed by atoms with Crippen LogP contribution < -0.4 is 10.6 Å². The van der Waals surface area contributed by atoms with Crippen LogP contribution in [0.1, 0.15) is 38.8 Å². The Morgan fingerprint density at radius 2 is 1.82 bits per heavy atom. The van der Waals surface area contributed by atoms with Crippen molar-refractivity contribution in [2.24, 2.45) is 4.99 Å². The second kappa shape index (κ2) is 12.7. The maximum Gasteiger partial charge on any atom is 0.191 e. The van der Waals surface area contributed by atoms with E-state index in [0.717, 1.165) is 38.6 Å². The first kappa shape index (κ1) is 21.2. The highest BCUT2D eigenvalue weighted by Crippen LogP contribution is 2.10. The van der Waals surface area contributed by atoms with E-state index in [1.807, 2.05) is 13.1 Å². The predicted octanol–water partition coefficient (Wildman–Crippen LogP) is 3.26. The van der Waals surface area contributed by atoms with E-state index < -0.39 is 0 Å². The van der Waals surface area contributed by atoms with E-state index in [-0.39, 0.29) is 30.0 Å². The van der Waals surface area contributed by atoms with Crippen molar-refractivity contribution in [3.05, 3.63) is 35.9 Å². The summed E-state index contributed by atoms with van der Waals surface area (Å²) in [5.41, 5.74) is 1.27. The van der Waals surface area contributed by atoms with Crippen molar-refractivity contribution in [2.75, 3.05) is 33.2 Å². The van der Waals surface area contributed by atoms with Crippen molar-refractivity contribution in [1.82, 2.24) is 15.5 Å². The average molecular weight is 418 g/mol. The summed E-state index contributed by atoms with van der Waals surface area (Å²) in [5, 5.41) is 6.81. The lowest BCUT2D eigenvalue weighted by Gasteiger charge is -2.20. The molecule has 1 atom stereocenters. The standard InChI is InChI=1S/C17H30N4.HI/c1-5-21(6-2)14-10-13-19-17(18-4)20-15(3)16-11-8-7-9-12-16;/h7-9,11-12,15H,5-6,10,13-14H2,1-4H3,(H2,18,19,20);1H. The summed E-state index contributed by atoms with van der Waals surface area (Å²) in [6.45, 7) is 10.9. The van der Waals surface area contributed by atoms with Gasteiger partial charge in [0.25, 0.3) is 0 Å². The van der Waals surface area contributed by atoms with Crippen LogP contribution in [-0.2, 0) is 0 Å². The molecule has 0 amide bonds. The number of halogens is 1. The van der Waals surface area contributed by atoms with E-state index >= 15 is 0 Å². The molecular weight excluding hydrogens is 387 g/mol. The third kappa shape index (κ3) is 7.98. The number of nitrogens with zero attached hydrogens (tertiary/aromatic N) is 2. The maximum atomic E-state index is 4.29. The number of nitrogens with one attached hydrogen (secondary N) is 2. The smallest absolute Gasteiger partial charge is 0.191 e. The fourth-order valence-electron chi connectivity index (χ4n) is 2.27. The Labute approximate surface area is 152 Å². The minimum absolute atomic E-state index is 0. The Bertz CT molecular complexity index is 404. The van der Waals surface area contributed by atoms with Crippen molar-refractivity contribution in [3.63, 3.8) is 0 Å². The molecule has 0 bridgehead atoms. The van der Waals surface area contributed by atoms with Crippen LogP contribution in [0.15, 0.2) is 35.3 Å². The Morgan fingerprint density at radius 1 is 1.18 bits per heavy atom. The number of aliphatic imine (C=N–C) groups is 1. The van der Waals surface area contributed by atoms with Crippen LogP contribution in [0.2, 0.25) is 0 Å². The average Bonchev–Trinajstić information content (AvgIpc) is 2.54. The van der Waals surface area contributed by atoms with E-state index in [4.69, 9.17) is 0 Å². The zero-order valence-electron chi connectivity index (χ0n) is 14.3. The van der Waals surface area contributed by atoms with Gasteiger partial charge in [0.15, 0.2) is 5.96 Å². The van der Waals surface area contributed by atoms with E-state index in [0.29, 0.717) is 0 Å². The normalized spacial score (nSPS) is 12.7. The van der Waals surface area contributed by atoms with Gasteiger partial charge in [-0.2, -0.15) is 0 Å². The molecule has 22 heavy (non-hydrogen) atoms. The van der Waals surface area contributed by atoms with Gasteiger partial charge >= 0.3 is 0 Å². The number of rotatable bonds is 8. The summed E-state index contributed by atoms with van der Waals surface area (Å²) < 4.78 is 0. The lowest BCUT2D eigenvalue weighted by molar-refractivity contribution is 0.300. The molecule has 0 aliphatic rings. The van der Waals surface area contributed by atoms with Gasteiger partial charge in [-0.05, 0) is 38.5 Å². The monoisotopic (exact) mass is 418 g/mol. The fourth-order valence-corrected chi connectivity index (χ4v) is 2.27. The first-order chi connectivity index (χ1) is 10.2. The summed E-state index contributed by atoms with van der Waals surface area (Å²) in [4.78, 5) is 6.73. The van der Waals surface area contributed by atoms with Crippen LogP contribution in [0.3, 0.4) is 0 Å². The van der Waals surface area contributed by atoms with Gasteiger partial charge in [-0.3, -0.25) is 4.99 Å². The first-order valence-electron chi connectivity index (χ1n) is 7.95. The SMILES string of the molecule is CCN(CC)CCCNC(=NC)NC(C)c1ccccc1.I. The molecule has 1 unspecified atom stereocenters. The highest BCUT2D eigenvalue weighted by molar-refractivity contribution is 14.0. The third-order valence-corrected chi connectivity index (χ3v) is 3.71. The predicted molar refractivity (Wildman–Crippen MR) is 107 cm³/mol. The summed E-state index contributed by atoms with van der Waals surface area (Å²) in [5.74, 6) is 0.867. The highest BCUT2D eigenvalue weighted by Gasteiger charge is 2.06. The second-order valence-corrected chi connectivity index (χ2v) is 5.16. The van der Waals surface area contributed by atoms with E-state index in [2.05, 4.69) is 65.6 Å². The molecule has 0 spiro atoms. The first-order valence-corrected chi connectivity index (χ1v) is 7.95. The van der Waals surface area contributed by atoms with Gasteiger partial charge in [0.05, 0.1) is 6.04 Å². The van der Waals surface area contributed by atoms with Crippen LogP contribution in [0.4, 0.5) is 0 Å². The molecule has 2 N–H and O–H groups in total. The lowest BCUT2D eigenvalue weighted by atomic mass is 10.1. The largest absolute Gasteiger partial charge is 0.356 e. The van der Waals surface area contributed by atoms with Crippen molar-refractivity contribution < 1.29 is 0 Å². The van der Waals surface area contributed by atoms with Gasteiger partial charge < -0.3 is 15.5 Å². The number of benzene rings is 1.